The Kier molecular flexibility index (Phi) is 11.4. The molecule has 6 unspecified atom stereocenters. The molecule has 14 heteroatoms. The average Bonchev–Trinajstić information content (AvgIpc) is 3.29. The van der Waals surface area contributed by atoms with Gasteiger partial charge in [-0.1, -0.05) is 25.0 Å². The summed E-state index contributed by atoms with van der Waals surface area (Å²) in [4.78, 5) is 60.8. The summed E-state index contributed by atoms with van der Waals surface area (Å²) in [6.07, 6.45) is 4.10. The van der Waals surface area contributed by atoms with Gasteiger partial charge in [-0.05, 0) is 56.4 Å². The largest absolute Gasteiger partial charge is 0.480 e. The van der Waals surface area contributed by atoms with E-state index in [1.807, 2.05) is 12.2 Å². The normalized spacial score (nSPS) is 25.4. The lowest BCUT2D eigenvalue weighted by Crippen LogP contribution is -2.53. The number of thioether (sulfide) groups is 1. The Bertz CT molecular complexity index is 1110. The van der Waals surface area contributed by atoms with Crippen LogP contribution in [0.15, 0.2) is 23.0 Å². The van der Waals surface area contributed by atoms with Crippen LogP contribution in [-0.4, -0.2) is 85.6 Å². The highest BCUT2D eigenvalue weighted by Gasteiger charge is 2.53. The zero-order valence-corrected chi connectivity index (χ0v) is 23.8. The van der Waals surface area contributed by atoms with Crippen LogP contribution in [-0.2, 0) is 28.7 Å². The summed E-state index contributed by atoms with van der Waals surface area (Å²) in [5.74, 6) is -4.70. The van der Waals surface area contributed by atoms with Gasteiger partial charge in [0.25, 0.3) is 0 Å². The number of carbonyl (C=O) groups is 5. The molecule has 41 heavy (non-hydrogen) atoms. The summed E-state index contributed by atoms with van der Waals surface area (Å²) in [5.41, 5.74) is 7.36. The van der Waals surface area contributed by atoms with Crippen LogP contribution in [0.4, 0.5) is 0 Å². The molecule has 3 aliphatic rings. The number of nitrogens with one attached hydrogen (secondary N) is 2. The molecule has 6 atom stereocenters. The minimum atomic E-state index is -2.19. The van der Waals surface area contributed by atoms with Gasteiger partial charge < -0.3 is 41.5 Å². The predicted octanol–water partition coefficient (Wildman–Crippen LogP) is 0.394. The number of aliphatic hydroxyl groups is 2. The van der Waals surface area contributed by atoms with Crippen LogP contribution in [0.3, 0.4) is 0 Å². The van der Waals surface area contributed by atoms with Gasteiger partial charge in [0.2, 0.25) is 18.0 Å². The SMILES string of the molecule is CCCC1(SCC(NC(=O)CCC(N)C(=O)O)C(=O)NC(O)C(=O)O)CCC2CC=C(CCCO)C3C(=O)OC1=C23. The molecular formula is C27H39N3O10S. The molecule has 0 aromatic rings. The van der Waals surface area contributed by atoms with Gasteiger partial charge >= 0.3 is 17.9 Å². The van der Waals surface area contributed by atoms with Crippen LogP contribution < -0.4 is 16.4 Å². The molecule has 0 aromatic heterocycles. The second-order valence-corrected chi connectivity index (χ2v) is 12.0. The number of carboxylic acids is 2. The number of aliphatic carboxylic acids is 2. The summed E-state index contributed by atoms with van der Waals surface area (Å²) in [7, 11) is 0. The number of allylic oxidation sites excluding steroid dienone is 1. The Hall–Kier alpha value is -2.94. The van der Waals surface area contributed by atoms with Crippen LogP contribution in [0.1, 0.15) is 64.7 Å². The maximum absolute atomic E-state index is 13.1. The summed E-state index contributed by atoms with van der Waals surface area (Å²) in [6.45, 7) is 2.00. The van der Waals surface area contributed by atoms with E-state index in [4.69, 9.17) is 20.7 Å². The third kappa shape index (κ3) is 7.67. The van der Waals surface area contributed by atoms with E-state index in [1.54, 1.807) is 0 Å². The van der Waals surface area contributed by atoms with Crippen LogP contribution in [0.25, 0.3) is 0 Å². The lowest BCUT2D eigenvalue weighted by Gasteiger charge is -2.41. The van der Waals surface area contributed by atoms with Crippen molar-refractivity contribution < 1.29 is 49.1 Å². The van der Waals surface area contributed by atoms with E-state index in [-0.39, 0.29) is 37.1 Å². The van der Waals surface area contributed by atoms with Crippen molar-refractivity contribution in [3.05, 3.63) is 23.0 Å². The molecule has 0 saturated heterocycles. The van der Waals surface area contributed by atoms with Gasteiger partial charge in [-0.3, -0.25) is 19.2 Å². The smallest absolute Gasteiger partial charge is 0.353 e. The molecule has 2 aliphatic carbocycles. The summed E-state index contributed by atoms with van der Waals surface area (Å²) in [6, 6.07) is -2.55. The van der Waals surface area contributed by atoms with Gasteiger partial charge in [0.05, 0.1) is 4.75 Å². The Morgan fingerprint density at radius 2 is 1.95 bits per heavy atom. The van der Waals surface area contributed by atoms with Crippen molar-refractivity contribution in [3.63, 3.8) is 0 Å². The van der Waals surface area contributed by atoms with Gasteiger partial charge in [-0.15, -0.1) is 11.8 Å². The maximum atomic E-state index is 13.1. The van der Waals surface area contributed by atoms with Crippen LogP contribution in [0.5, 0.6) is 0 Å². The van der Waals surface area contributed by atoms with Gasteiger partial charge in [-0.25, -0.2) is 4.79 Å². The lowest BCUT2D eigenvalue weighted by molar-refractivity contribution is -0.151. The highest BCUT2D eigenvalue weighted by atomic mass is 32.2. The van der Waals surface area contributed by atoms with E-state index in [0.717, 1.165) is 30.4 Å². The molecule has 0 spiro atoms. The maximum Gasteiger partial charge on any atom is 0.353 e. The number of hydrogen-bond donors (Lipinski definition) is 7. The van der Waals surface area contributed by atoms with E-state index < -0.39 is 52.7 Å². The average molecular weight is 598 g/mol. The number of rotatable bonds is 16. The number of aliphatic hydroxyl groups excluding tert-OH is 2. The summed E-state index contributed by atoms with van der Waals surface area (Å²) < 4.78 is 5.28. The lowest BCUT2D eigenvalue weighted by atomic mass is 9.68. The molecule has 0 fully saturated rings. The number of esters is 1. The second kappa shape index (κ2) is 14.3. The fourth-order valence-electron chi connectivity index (χ4n) is 5.72. The standard InChI is InChI=1S/C27H39N3O10S/c1-2-10-27(11-9-15-6-5-14(4-3-12-31)20-19(15)21(27)40-26(20)39)41-13-17(22(33)30-23(34)25(37)38)29-18(32)8-7-16(28)24(35)36/h5,15-17,20,23,31,34H,2-4,6-13,28H2,1H3,(H,29,32)(H,30,33)(H,35,36)(H,37,38). The molecule has 0 aromatic carbocycles. The number of hydrogen-bond acceptors (Lipinski definition) is 10. The molecule has 1 heterocycles. The van der Waals surface area contributed by atoms with E-state index in [2.05, 4.69) is 11.4 Å². The van der Waals surface area contributed by atoms with Crippen LogP contribution in [0.2, 0.25) is 0 Å². The zero-order valence-electron chi connectivity index (χ0n) is 23.0. The van der Waals surface area contributed by atoms with Crippen molar-refractivity contribution in [3.8, 4) is 0 Å². The number of amides is 2. The predicted molar refractivity (Wildman–Crippen MR) is 147 cm³/mol. The zero-order chi connectivity index (χ0) is 30.3. The van der Waals surface area contributed by atoms with E-state index in [0.29, 0.717) is 31.4 Å². The molecule has 0 saturated carbocycles. The molecule has 3 rings (SSSR count). The van der Waals surface area contributed by atoms with E-state index in [1.165, 1.54) is 11.8 Å². The molecule has 1 aliphatic heterocycles. The number of ether oxygens (including phenoxy) is 1. The van der Waals surface area contributed by atoms with Gasteiger partial charge in [-0.2, -0.15) is 0 Å². The molecule has 13 nitrogen and oxygen atoms in total. The van der Waals surface area contributed by atoms with Gasteiger partial charge in [0.1, 0.15) is 23.8 Å². The van der Waals surface area contributed by atoms with Crippen molar-refractivity contribution >= 4 is 41.5 Å². The van der Waals surface area contributed by atoms with Crippen molar-refractivity contribution in [2.45, 2.75) is 87.8 Å². The molecule has 8 N–H and O–H groups in total. The fourth-order valence-corrected chi connectivity index (χ4v) is 7.34. The third-order valence-corrected chi connectivity index (χ3v) is 9.41. The second-order valence-electron chi connectivity index (χ2n) is 10.6. The number of nitrogens with two attached hydrogens (primary N) is 1. The molecular weight excluding hydrogens is 558 g/mol. The highest BCUT2D eigenvalue weighted by Crippen LogP contribution is 2.57. The minimum Gasteiger partial charge on any atom is -0.480 e. The fraction of sp³-hybridized carbons (Fsp3) is 0.667. The third-order valence-electron chi connectivity index (χ3n) is 7.77. The van der Waals surface area contributed by atoms with Gasteiger partial charge in [0, 0.05) is 18.8 Å². The molecule has 228 valence electrons. The topological polar surface area (TPSA) is 226 Å². The van der Waals surface area contributed by atoms with Crippen molar-refractivity contribution in [1.29, 1.82) is 0 Å². The first kappa shape index (κ1) is 32.6. The first-order valence-electron chi connectivity index (χ1n) is 13.8. The first-order chi connectivity index (χ1) is 19.4. The Morgan fingerprint density at radius 3 is 2.59 bits per heavy atom. The number of carboxylic acid groups (broad SMARTS) is 2. The quantitative estimate of drug-likeness (QED) is 0.0729. The monoisotopic (exact) mass is 597 g/mol. The number of carbonyl (C=O) groups excluding carboxylic acids is 3. The van der Waals surface area contributed by atoms with Gasteiger partial charge in [0.15, 0.2) is 0 Å². The van der Waals surface area contributed by atoms with Crippen molar-refractivity contribution in [2.75, 3.05) is 12.4 Å². The van der Waals surface area contributed by atoms with Crippen LogP contribution in [0, 0.1) is 11.8 Å². The summed E-state index contributed by atoms with van der Waals surface area (Å²) in [5, 5.41) is 41.5. The first-order valence-corrected chi connectivity index (χ1v) is 14.8. The van der Waals surface area contributed by atoms with E-state index in [9.17, 15) is 34.2 Å². The Morgan fingerprint density at radius 1 is 1.22 bits per heavy atom. The molecule has 0 radical (unpaired) electrons. The molecule has 2 amide bonds. The van der Waals surface area contributed by atoms with Crippen molar-refractivity contribution in [2.24, 2.45) is 17.6 Å². The minimum absolute atomic E-state index is 0.0120. The summed E-state index contributed by atoms with van der Waals surface area (Å²) >= 11 is 1.33. The molecule has 0 bridgehead atoms. The van der Waals surface area contributed by atoms with E-state index >= 15 is 0 Å². The Labute approximate surface area is 241 Å². The van der Waals surface area contributed by atoms with Crippen LogP contribution >= 0.6 is 11.8 Å². The Balaban J connectivity index is 1.85. The van der Waals surface area contributed by atoms with Crippen molar-refractivity contribution in [1.82, 2.24) is 10.6 Å². The highest BCUT2D eigenvalue weighted by molar-refractivity contribution is 8.00.